The molecule has 0 aliphatic rings. The second-order valence-electron chi connectivity index (χ2n) is 3.81. The van der Waals surface area contributed by atoms with Gasteiger partial charge in [-0.1, -0.05) is 24.3 Å². The molecule has 17 heavy (non-hydrogen) atoms. The van der Waals surface area contributed by atoms with Gasteiger partial charge in [0.05, 0.1) is 11.8 Å². The molecule has 0 amide bonds. The van der Waals surface area contributed by atoms with Crippen LogP contribution in [0.25, 0.3) is 22.1 Å². The molecule has 0 atom stereocenters. The predicted octanol–water partition coefficient (Wildman–Crippen LogP) is 3.51. The maximum atomic E-state index is 10.2. The first kappa shape index (κ1) is 9.78. The largest absolute Gasteiger partial charge is 0.507 e. The Kier molecular flexibility index (Phi) is 2.05. The molecule has 3 nitrogen and oxygen atoms in total. The van der Waals surface area contributed by atoms with Gasteiger partial charge in [0.15, 0.2) is 0 Å². The van der Waals surface area contributed by atoms with Gasteiger partial charge in [0.25, 0.3) is 0 Å². The van der Waals surface area contributed by atoms with E-state index in [0.29, 0.717) is 22.1 Å². The molecule has 3 aromatic rings. The van der Waals surface area contributed by atoms with Crippen LogP contribution in [-0.4, -0.2) is 10.2 Å². The van der Waals surface area contributed by atoms with E-state index in [2.05, 4.69) is 0 Å². The Labute approximate surface area is 97.6 Å². The molecule has 0 aliphatic carbocycles. The van der Waals surface area contributed by atoms with Gasteiger partial charge in [0, 0.05) is 10.8 Å². The average molecular weight is 226 g/mol. The number of aromatic hydroxyl groups is 2. The molecule has 0 fully saturated rings. The number of hydrogen-bond acceptors (Lipinski definition) is 3. The minimum absolute atomic E-state index is 0.119. The predicted molar refractivity (Wildman–Crippen MR) is 65.0 cm³/mol. The molecule has 2 N–H and O–H groups in total. The van der Waals surface area contributed by atoms with Crippen molar-refractivity contribution in [3.63, 3.8) is 0 Å². The Hall–Kier alpha value is -2.42. The summed E-state index contributed by atoms with van der Waals surface area (Å²) < 4.78 is 5.23. The highest BCUT2D eigenvalue weighted by Crippen LogP contribution is 2.40. The van der Waals surface area contributed by atoms with E-state index in [9.17, 15) is 10.2 Å². The normalized spacial score (nSPS) is 10.8. The molecule has 0 bridgehead atoms. The highest BCUT2D eigenvalue weighted by Gasteiger charge is 2.13. The Morgan fingerprint density at radius 3 is 2.35 bits per heavy atom. The fourth-order valence-electron chi connectivity index (χ4n) is 1.96. The molecule has 0 saturated heterocycles. The molecule has 2 aromatic carbocycles. The molecule has 3 rings (SSSR count). The third kappa shape index (κ3) is 1.44. The lowest BCUT2D eigenvalue weighted by Gasteiger charge is -2.07. The third-order valence-corrected chi connectivity index (χ3v) is 2.78. The van der Waals surface area contributed by atoms with Crippen molar-refractivity contribution in [3.05, 3.63) is 48.7 Å². The van der Waals surface area contributed by atoms with Gasteiger partial charge in [-0.15, -0.1) is 0 Å². The van der Waals surface area contributed by atoms with E-state index in [1.807, 2.05) is 12.1 Å². The first-order valence-electron chi connectivity index (χ1n) is 5.25. The first-order chi connectivity index (χ1) is 8.27. The van der Waals surface area contributed by atoms with Crippen LogP contribution in [0.3, 0.4) is 0 Å². The van der Waals surface area contributed by atoms with Crippen LogP contribution >= 0.6 is 0 Å². The van der Waals surface area contributed by atoms with E-state index in [4.69, 9.17) is 4.42 Å². The highest BCUT2D eigenvalue weighted by molar-refractivity contribution is 5.98. The molecule has 1 aromatic heterocycles. The van der Waals surface area contributed by atoms with Crippen molar-refractivity contribution < 1.29 is 14.6 Å². The SMILES string of the molecule is Oc1cc(-c2ccco2)c(O)c2ccccc12. The maximum Gasteiger partial charge on any atom is 0.137 e. The number of furan rings is 1. The van der Waals surface area contributed by atoms with Gasteiger partial charge in [0.1, 0.15) is 17.3 Å². The van der Waals surface area contributed by atoms with Gasteiger partial charge >= 0.3 is 0 Å². The van der Waals surface area contributed by atoms with Crippen molar-refractivity contribution in [1.82, 2.24) is 0 Å². The monoisotopic (exact) mass is 226 g/mol. The molecule has 0 aliphatic heterocycles. The summed E-state index contributed by atoms with van der Waals surface area (Å²) in [4.78, 5) is 0. The van der Waals surface area contributed by atoms with Crippen LogP contribution in [0.15, 0.2) is 53.1 Å². The van der Waals surface area contributed by atoms with Crippen LogP contribution in [0.4, 0.5) is 0 Å². The van der Waals surface area contributed by atoms with E-state index >= 15 is 0 Å². The van der Waals surface area contributed by atoms with E-state index in [0.717, 1.165) is 0 Å². The van der Waals surface area contributed by atoms with Crippen LogP contribution in [-0.2, 0) is 0 Å². The number of phenols is 2. The van der Waals surface area contributed by atoms with Crippen LogP contribution < -0.4 is 0 Å². The van der Waals surface area contributed by atoms with Gasteiger partial charge in [0.2, 0.25) is 0 Å². The topological polar surface area (TPSA) is 53.6 Å². The zero-order valence-electron chi connectivity index (χ0n) is 8.92. The minimum atomic E-state index is 0.119. The van der Waals surface area contributed by atoms with E-state index < -0.39 is 0 Å². The van der Waals surface area contributed by atoms with Gasteiger partial charge in [-0.05, 0) is 18.2 Å². The zero-order chi connectivity index (χ0) is 11.8. The zero-order valence-corrected chi connectivity index (χ0v) is 8.92. The van der Waals surface area contributed by atoms with Crippen LogP contribution in [0.2, 0.25) is 0 Å². The van der Waals surface area contributed by atoms with Crippen molar-refractivity contribution in [2.45, 2.75) is 0 Å². The van der Waals surface area contributed by atoms with Crippen LogP contribution in [0.1, 0.15) is 0 Å². The van der Waals surface area contributed by atoms with Crippen molar-refractivity contribution in [3.8, 4) is 22.8 Å². The summed E-state index contributed by atoms with van der Waals surface area (Å²) in [6.45, 7) is 0. The quantitative estimate of drug-likeness (QED) is 0.624. The minimum Gasteiger partial charge on any atom is -0.507 e. The summed E-state index contributed by atoms with van der Waals surface area (Å²) in [5.41, 5.74) is 0.492. The summed E-state index contributed by atoms with van der Waals surface area (Å²) in [6.07, 6.45) is 1.53. The summed E-state index contributed by atoms with van der Waals surface area (Å²) in [5, 5.41) is 21.3. The van der Waals surface area contributed by atoms with Crippen LogP contribution in [0.5, 0.6) is 11.5 Å². The van der Waals surface area contributed by atoms with Crippen molar-refractivity contribution in [1.29, 1.82) is 0 Å². The smallest absolute Gasteiger partial charge is 0.137 e. The molecular weight excluding hydrogens is 216 g/mol. The second-order valence-corrected chi connectivity index (χ2v) is 3.81. The van der Waals surface area contributed by atoms with Crippen molar-refractivity contribution in [2.75, 3.05) is 0 Å². The lowest BCUT2D eigenvalue weighted by atomic mass is 10.0. The molecule has 0 spiro atoms. The summed E-state index contributed by atoms with van der Waals surface area (Å²) in [5.74, 6) is 0.779. The molecular formula is C14H10O3. The van der Waals surface area contributed by atoms with E-state index in [1.165, 1.54) is 12.3 Å². The fourth-order valence-corrected chi connectivity index (χ4v) is 1.96. The Morgan fingerprint density at radius 1 is 0.882 bits per heavy atom. The fraction of sp³-hybridized carbons (Fsp3) is 0. The highest BCUT2D eigenvalue weighted by atomic mass is 16.3. The number of phenolic OH excluding ortho intramolecular Hbond substituents is 2. The molecule has 3 heteroatoms. The number of benzene rings is 2. The summed E-state index contributed by atoms with van der Waals surface area (Å²) in [6, 6.07) is 12.1. The van der Waals surface area contributed by atoms with Gasteiger partial charge < -0.3 is 14.6 Å². The van der Waals surface area contributed by atoms with E-state index in [1.54, 1.807) is 24.3 Å². The van der Waals surface area contributed by atoms with E-state index in [-0.39, 0.29) is 11.5 Å². The summed E-state index contributed by atoms with van der Waals surface area (Å²) in [7, 11) is 0. The van der Waals surface area contributed by atoms with Gasteiger partial charge in [-0.2, -0.15) is 0 Å². The lowest BCUT2D eigenvalue weighted by Crippen LogP contribution is -1.81. The second kappa shape index (κ2) is 3.56. The third-order valence-electron chi connectivity index (χ3n) is 2.78. The Morgan fingerprint density at radius 2 is 1.65 bits per heavy atom. The number of rotatable bonds is 1. The maximum absolute atomic E-state index is 10.2. The lowest BCUT2D eigenvalue weighted by molar-refractivity contribution is 0.468. The molecule has 84 valence electrons. The molecule has 0 unspecified atom stereocenters. The Balaban J connectivity index is 2.39. The molecule has 0 radical (unpaired) electrons. The molecule has 0 saturated carbocycles. The van der Waals surface area contributed by atoms with Gasteiger partial charge in [-0.3, -0.25) is 0 Å². The van der Waals surface area contributed by atoms with Crippen molar-refractivity contribution >= 4 is 10.8 Å². The first-order valence-corrected chi connectivity index (χ1v) is 5.25. The van der Waals surface area contributed by atoms with Gasteiger partial charge in [-0.25, -0.2) is 0 Å². The average Bonchev–Trinajstić information content (AvgIpc) is 2.87. The number of fused-ring (bicyclic) bond motifs is 1. The van der Waals surface area contributed by atoms with Crippen molar-refractivity contribution in [2.24, 2.45) is 0 Å². The summed E-state index contributed by atoms with van der Waals surface area (Å²) >= 11 is 0. The Bertz CT molecular complexity index is 669. The number of hydrogen-bond donors (Lipinski definition) is 2. The van der Waals surface area contributed by atoms with Crippen LogP contribution in [0, 0.1) is 0 Å². The molecule has 1 heterocycles. The standard InChI is InChI=1S/C14H10O3/c15-12-8-11(13-6-3-7-17-13)14(16)10-5-2-1-4-9(10)12/h1-8,15-16H.